The van der Waals surface area contributed by atoms with Crippen LogP contribution in [0.5, 0.6) is 0 Å². The molecule has 1 aromatic heterocycles. The summed E-state index contributed by atoms with van der Waals surface area (Å²) in [6.45, 7) is 6.34. The van der Waals surface area contributed by atoms with Crippen molar-refractivity contribution in [1.29, 1.82) is 0 Å². The molecule has 1 atom stereocenters. The van der Waals surface area contributed by atoms with Crippen LogP contribution in [-0.2, 0) is 6.61 Å². The second-order valence-corrected chi connectivity index (χ2v) is 3.88. The maximum Gasteiger partial charge on any atom is 0.297 e. The Labute approximate surface area is 84.6 Å². The lowest BCUT2D eigenvalue weighted by Gasteiger charge is -2.26. The number of oxazole rings is 1. The zero-order valence-electron chi connectivity index (χ0n) is 9.19. The summed E-state index contributed by atoms with van der Waals surface area (Å²) in [5, 5.41) is 8.84. The highest BCUT2D eigenvalue weighted by Gasteiger charge is 2.17. The van der Waals surface area contributed by atoms with Gasteiger partial charge in [0.05, 0.1) is 6.61 Å². The number of nitrogens with zero attached hydrogens (tertiary/aromatic N) is 2. The summed E-state index contributed by atoms with van der Waals surface area (Å²) in [4.78, 5) is 6.12. The van der Waals surface area contributed by atoms with Crippen LogP contribution >= 0.6 is 0 Å². The molecule has 14 heavy (non-hydrogen) atoms. The fourth-order valence-corrected chi connectivity index (χ4v) is 1.15. The highest BCUT2D eigenvalue weighted by molar-refractivity contribution is 5.27. The number of aliphatic hydroxyl groups excluding tert-OH is 1. The van der Waals surface area contributed by atoms with Gasteiger partial charge in [0.25, 0.3) is 6.01 Å². The van der Waals surface area contributed by atoms with Crippen molar-refractivity contribution in [2.24, 2.45) is 5.92 Å². The van der Waals surface area contributed by atoms with Crippen LogP contribution in [0.2, 0.25) is 0 Å². The first-order valence-electron chi connectivity index (χ1n) is 4.84. The van der Waals surface area contributed by atoms with Gasteiger partial charge in [0, 0.05) is 13.1 Å². The molecule has 1 N–H and O–H groups in total. The standard InChI is InChI=1S/C10H18N2O2/c1-7(2)8(3)12(4)10-11-9(5-13)6-14-10/h6-8,13H,5H2,1-4H3. The molecule has 0 saturated carbocycles. The normalized spacial score (nSPS) is 13.3. The van der Waals surface area contributed by atoms with E-state index in [4.69, 9.17) is 9.52 Å². The Kier molecular flexibility index (Phi) is 3.52. The molecular formula is C10H18N2O2. The first-order chi connectivity index (χ1) is 6.56. The molecule has 0 amide bonds. The Balaban J connectivity index is 2.73. The minimum atomic E-state index is -0.0760. The molecule has 0 aliphatic heterocycles. The molecule has 80 valence electrons. The molecule has 1 rings (SSSR count). The first-order valence-corrected chi connectivity index (χ1v) is 4.84. The number of rotatable bonds is 4. The summed E-state index contributed by atoms with van der Waals surface area (Å²) in [5.74, 6) is 0.532. The van der Waals surface area contributed by atoms with Crippen molar-refractivity contribution in [2.75, 3.05) is 11.9 Å². The molecule has 4 nitrogen and oxygen atoms in total. The van der Waals surface area contributed by atoms with Crippen LogP contribution in [0.3, 0.4) is 0 Å². The van der Waals surface area contributed by atoms with Crippen LogP contribution < -0.4 is 4.90 Å². The minimum absolute atomic E-state index is 0.0760. The van der Waals surface area contributed by atoms with Crippen LogP contribution in [0.4, 0.5) is 6.01 Å². The molecule has 0 aliphatic rings. The van der Waals surface area contributed by atoms with Gasteiger partial charge < -0.3 is 14.4 Å². The maximum atomic E-state index is 8.84. The van der Waals surface area contributed by atoms with Crippen molar-refractivity contribution in [3.63, 3.8) is 0 Å². The summed E-state index contributed by atoms with van der Waals surface area (Å²) >= 11 is 0. The van der Waals surface area contributed by atoms with Gasteiger partial charge in [-0.25, -0.2) is 0 Å². The zero-order valence-corrected chi connectivity index (χ0v) is 9.19. The van der Waals surface area contributed by atoms with E-state index < -0.39 is 0 Å². The van der Waals surface area contributed by atoms with Gasteiger partial charge in [-0.15, -0.1) is 0 Å². The molecule has 0 bridgehead atoms. The molecule has 0 saturated heterocycles. The molecule has 0 spiro atoms. The zero-order chi connectivity index (χ0) is 10.7. The predicted molar refractivity (Wildman–Crippen MR) is 55.1 cm³/mol. The fourth-order valence-electron chi connectivity index (χ4n) is 1.15. The summed E-state index contributed by atoms with van der Waals surface area (Å²) < 4.78 is 5.24. The van der Waals surface area contributed by atoms with E-state index >= 15 is 0 Å². The van der Waals surface area contributed by atoms with E-state index in [1.807, 2.05) is 11.9 Å². The Morgan fingerprint density at radius 1 is 1.50 bits per heavy atom. The van der Waals surface area contributed by atoms with E-state index in [1.165, 1.54) is 6.26 Å². The predicted octanol–water partition coefficient (Wildman–Crippen LogP) is 1.65. The van der Waals surface area contributed by atoms with Crippen molar-refractivity contribution in [2.45, 2.75) is 33.4 Å². The van der Waals surface area contributed by atoms with E-state index in [-0.39, 0.29) is 6.61 Å². The van der Waals surface area contributed by atoms with Gasteiger partial charge in [0.1, 0.15) is 12.0 Å². The van der Waals surface area contributed by atoms with Crippen LogP contribution in [-0.4, -0.2) is 23.2 Å². The number of hydrogen-bond donors (Lipinski definition) is 1. The first kappa shape index (κ1) is 11.0. The summed E-state index contributed by atoms with van der Waals surface area (Å²) in [5.41, 5.74) is 0.572. The molecule has 1 aromatic rings. The van der Waals surface area contributed by atoms with Gasteiger partial charge in [-0.1, -0.05) is 13.8 Å². The van der Waals surface area contributed by atoms with Crippen LogP contribution in [0, 0.1) is 5.92 Å². The third kappa shape index (κ3) is 2.26. The molecule has 1 heterocycles. The average molecular weight is 198 g/mol. The summed E-state index contributed by atoms with van der Waals surface area (Å²) in [6.07, 6.45) is 1.48. The number of hydrogen-bond acceptors (Lipinski definition) is 4. The number of aliphatic hydroxyl groups is 1. The monoisotopic (exact) mass is 198 g/mol. The fraction of sp³-hybridized carbons (Fsp3) is 0.700. The molecular weight excluding hydrogens is 180 g/mol. The van der Waals surface area contributed by atoms with Crippen molar-refractivity contribution >= 4 is 6.01 Å². The van der Waals surface area contributed by atoms with Crippen molar-refractivity contribution in [3.05, 3.63) is 12.0 Å². The Hall–Kier alpha value is -1.03. The maximum absolute atomic E-state index is 8.84. The smallest absolute Gasteiger partial charge is 0.297 e. The largest absolute Gasteiger partial charge is 0.432 e. The average Bonchev–Trinajstić information content (AvgIpc) is 2.63. The Morgan fingerprint density at radius 2 is 2.14 bits per heavy atom. The van der Waals surface area contributed by atoms with Crippen LogP contribution in [0.25, 0.3) is 0 Å². The van der Waals surface area contributed by atoms with Gasteiger partial charge >= 0.3 is 0 Å². The SMILES string of the molecule is CC(C)C(C)N(C)c1nc(CO)co1. The van der Waals surface area contributed by atoms with E-state index in [9.17, 15) is 0 Å². The highest BCUT2D eigenvalue weighted by atomic mass is 16.4. The van der Waals surface area contributed by atoms with Gasteiger partial charge in [0.2, 0.25) is 0 Å². The highest BCUT2D eigenvalue weighted by Crippen LogP contribution is 2.18. The van der Waals surface area contributed by atoms with Crippen molar-refractivity contribution in [1.82, 2.24) is 4.98 Å². The van der Waals surface area contributed by atoms with E-state index in [0.29, 0.717) is 23.7 Å². The van der Waals surface area contributed by atoms with E-state index in [0.717, 1.165) is 0 Å². The number of aromatic nitrogens is 1. The number of anilines is 1. The molecule has 0 radical (unpaired) electrons. The Bertz CT molecular complexity index is 283. The summed E-state index contributed by atoms with van der Waals surface area (Å²) in [6, 6.07) is 0.926. The van der Waals surface area contributed by atoms with Crippen molar-refractivity contribution in [3.8, 4) is 0 Å². The molecule has 0 fully saturated rings. The van der Waals surface area contributed by atoms with Crippen molar-refractivity contribution < 1.29 is 9.52 Å². The van der Waals surface area contributed by atoms with E-state index in [1.54, 1.807) is 0 Å². The van der Waals surface area contributed by atoms with Gasteiger partial charge in [-0.3, -0.25) is 0 Å². The minimum Gasteiger partial charge on any atom is -0.432 e. The lowest BCUT2D eigenvalue weighted by molar-refractivity contribution is 0.276. The van der Waals surface area contributed by atoms with Gasteiger partial charge in [0.15, 0.2) is 0 Å². The quantitative estimate of drug-likeness (QED) is 0.799. The van der Waals surface area contributed by atoms with Crippen LogP contribution in [0.1, 0.15) is 26.5 Å². The van der Waals surface area contributed by atoms with Gasteiger partial charge in [-0.2, -0.15) is 4.98 Å². The molecule has 1 unspecified atom stereocenters. The lowest BCUT2D eigenvalue weighted by Crippen LogP contribution is -2.33. The second-order valence-electron chi connectivity index (χ2n) is 3.88. The Morgan fingerprint density at radius 3 is 2.57 bits per heavy atom. The summed E-state index contributed by atoms with van der Waals surface area (Å²) in [7, 11) is 1.94. The van der Waals surface area contributed by atoms with Crippen LogP contribution in [0.15, 0.2) is 10.7 Å². The lowest BCUT2D eigenvalue weighted by atomic mass is 10.1. The molecule has 0 aromatic carbocycles. The third-order valence-corrected chi connectivity index (χ3v) is 2.58. The van der Waals surface area contributed by atoms with Gasteiger partial charge in [-0.05, 0) is 12.8 Å². The molecule has 4 heteroatoms. The van der Waals surface area contributed by atoms with E-state index in [2.05, 4.69) is 25.8 Å². The second kappa shape index (κ2) is 4.46. The molecule has 0 aliphatic carbocycles. The topological polar surface area (TPSA) is 49.5 Å². The third-order valence-electron chi connectivity index (χ3n) is 2.58.